The van der Waals surface area contributed by atoms with E-state index in [4.69, 9.17) is 8.92 Å². The number of anilines is 1. The van der Waals surface area contributed by atoms with Gasteiger partial charge in [-0.1, -0.05) is 0 Å². The lowest BCUT2D eigenvalue weighted by Gasteiger charge is -2.30. The number of rotatable bonds is 4. The number of hydrogen-bond donors (Lipinski definition) is 0. The van der Waals surface area contributed by atoms with E-state index in [2.05, 4.69) is 4.98 Å². The summed E-state index contributed by atoms with van der Waals surface area (Å²) in [7, 11) is -3.65. The highest BCUT2D eigenvalue weighted by Gasteiger charge is 2.33. The van der Waals surface area contributed by atoms with Gasteiger partial charge in [0.25, 0.3) is 10.1 Å². The molecule has 0 saturated heterocycles. The molecule has 8 nitrogen and oxygen atoms in total. The summed E-state index contributed by atoms with van der Waals surface area (Å²) in [5.41, 5.74) is -0.307. The Morgan fingerprint density at radius 3 is 2.64 bits per heavy atom. The van der Waals surface area contributed by atoms with E-state index in [-0.39, 0.29) is 19.0 Å². The maximum absolute atomic E-state index is 14.1. The molecule has 1 aliphatic heterocycles. The Labute approximate surface area is 145 Å². The maximum Gasteiger partial charge on any atom is 0.429 e. The summed E-state index contributed by atoms with van der Waals surface area (Å²) < 4.78 is 46.4. The van der Waals surface area contributed by atoms with Gasteiger partial charge in [-0.05, 0) is 38.5 Å². The molecule has 2 rings (SSSR count). The van der Waals surface area contributed by atoms with Crippen molar-refractivity contribution in [3.63, 3.8) is 0 Å². The third-order valence-corrected chi connectivity index (χ3v) is 3.48. The van der Waals surface area contributed by atoms with E-state index in [0.29, 0.717) is 5.57 Å². The smallest absolute Gasteiger partial charge is 0.429 e. The number of carbonyl (C=O) groups excluding carboxylic acids is 1. The summed E-state index contributed by atoms with van der Waals surface area (Å²) in [5, 5.41) is 2.31. The number of amides is 1. The molecular formula is C15H20FN3O5S. The largest absolute Gasteiger partial charge is 0.442 e. The molecule has 0 bridgehead atoms. The van der Waals surface area contributed by atoms with Gasteiger partial charge in [-0.3, -0.25) is 4.18 Å². The summed E-state index contributed by atoms with van der Waals surface area (Å²) in [6, 6.07) is 2.62. The van der Waals surface area contributed by atoms with Crippen molar-refractivity contribution >= 4 is 22.0 Å². The Morgan fingerprint density at radius 2 is 2.08 bits per heavy atom. The van der Waals surface area contributed by atoms with E-state index in [1.807, 2.05) is 0 Å². The lowest BCUT2D eigenvalue weighted by atomic mass is 10.2. The van der Waals surface area contributed by atoms with Crippen LogP contribution in [0.25, 0.3) is 0 Å². The third kappa shape index (κ3) is 5.40. The van der Waals surface area contributed by atoms with Gasteiger partial charge in [0.15, 0.2) is 11.6 Å². The highest BCUT2D eigenvalue weighted by atomic mass is 32.2. The van der Waals surface area contributed by atoms with Crippen LogP contribution >= 0.6 is 0 Å². The Balaban J connectivity index is 2.29. The number of pyridine rings is 1. The standard InChI is InChI=1S/C15H20FN3O5S/c1-15(2,3)24-14(20)19-9-11(10-23-25(4,21)22)8-18(19)13-12(16)6-5-7-17-13/h5-8H,9-10H2,1-4H3. The SMILES string of the molecule is CC(C)(C)OC(=O)N1CC(COS(C)(=O)=O)=CN1c1ncccc1F. The Kier molecular flexibility index (Phi) is 5.33. The second-order valence-electron chi connectivity index (χ2n) is 6.45. The van der Waals surface area contributed by atoms with Crippen molar-refractivity contribution in [1.82, 2.24) is 9.99 Å². The van der Waals surface area contributed by atoms with E-state index in [0.717, 1.165) is 11.3 Å². The van der Waals surface area contributed by atoms with Gasteiger partial charge in [-0.15, -0.1) is 0 Å². The Bertz CT molecular complexity index is 789. The second kappa shape index (κ2) is 6.96. The van der Waals surface area contributed by atoms with E-state index < -0.39 is 27.6 Å². The predicted molar refractivity (Wildman–Crippen MR) is 88.5 cm³/mol. The summed E-state index contributed by atoms with van der Waals surface area (Å²) >= 11 is 0. The highest BCUT2D eigenvalue weighted by Crippen LogP contribution is 2.26. The van der Waals surface area contributed by atoms with Crippen molar-refractivity contribution in [2.45, 2.75) is 26.4 Å². The molecule has 0 fully saturated rings. The van der Waals surface area contributed by atoms with Gasteiger partial charge in [0.05, 0.1) is 19.4 Å². The van der Waals surface area contributed by atoms with Crippen molar-refractivity contribution in [3.8, 4) is 0 Å². The number of carbonyl (C=O) groups is 1. The number of halogens is 1. The minimum atomic E-state index is -3.65. The minimum Gasteiger partial charge on any atom is -0.442 e. The van der Waals surface area contributed by atoms with Crippen LogP contribution in [-0.2, 0) is 19.0 Å². The van der Waals surface area contributed by atoms with Gasteiger partial charge in [0.1, 0.15) is 5.60 Å². The molecular weight excluding hydrogens is 353 g/mol. The maximum atomic E-state index is 14.1. The lowest BCUT2D eigenvalue weighted by molar-refractivity contribution is 0.0276. The van der Waals surface area contributed by atoms with Crippen molar-refractivity contribution in [1.29, 1.82) is 0 Å². The molecule has 0 unspecified atom stereocenters. The van der Waals surface area contributed by atoms with Crippen LogP contribution in [-0.4, -0.2) is 49.5 Å². The monoisotopic (exact) mass is 373 g/mol. The molecule has 1 aliphatic rings. The summed E-state index contributed by atoms with van der Waals surface area (Å²) in [6.07, 6.45) is 2.98. The molecule has 0 atom stereocenters. The summed E-state index contributed by atoms with van der Waals surface area (Å²) in [5.74, 6) is -0.750. The molecule has 138 valence electrons. The molecule has 1 aromatic heterocycles. The van der Waals surface area contributed by atoms with Crippen molar-refractivity contribution in [2.24, 2.45) is 0 Å². The molecule has 0 saturated carbocycles. The van der Waals surface area contributed by atoms with Gasteiger partial charge in [-0.2, -0.15) is 8.42 Å². The zero-order valence-electron chi connectivity index (χ0n) is 14.4. The molecule has 0 aliphatic carbocycles. The molecule has 0 N–H and O–H groups in total. The Morgan fingerprint density at radius 1 is 1.40 bits per heavy atom. The predicted octanol–water partition coefficient (Wildman–Crippen LogP) is 2.05. The zero-order valence-corrected chi connectivity index (χ0v) is 15.2. The quantitative estimate of drug-likeness (QED) is 0.746. The highest BCUT2D eigenvalue weighted by molar-refractivity contribution is 7.86. The fraction of sp³-hybridized carbons (Fsp3) is 0.467. The molecule has 1 amide bonds. The normalized spacial score (nSPS) is 15.3. The number of aromatic nitrogens is 1. The van der Waals surface area contributed by atoms with Crippen molar-refractivity contribution in [2.75, 3.05) is 24.4 Å². The average molecular weight is 373 g/mol. The molecule has 0 radical (unpaired) electrons. The average Bonchev–Trinajstić information content (AvgIpc) is 2.87. The first-order valence-corrected chi connectivity index (χ1v) is 9.22. The van der Waals surface area contributed by atoms with Gasteiger partial charge < -0.3 is 4.74 Å². The zero-order chi connectivity index (χ0) is 18.8. The van der Waals surface area contributed by atoms with Gasteiger partial charge >= 0.3 is 6.09 Å². The van der Waals surface area contributed by atoms with Crippen LogP contribution in [0.2, 0.25) is 0 Å². The number of hydrogen-bond acceptors (Lipinski definition) is 7. The van der Waals surface area contributed by atoms with E-state index in [1.54, 1.807) is 20.8 Å². The van der Waals surface area contributed by atoms with Crippen LogP contribution in [0.5, 0.6) is 0 Å². The second-order valence-corrected chi connectivity index (χ2v) is 8.09. The number of ether oxygens (including phenoxy) is 1. The fourth-order valence-corrected chi connectivity index (χ4v) is 2.37. The van der Waals surface area contributed by atoms with Crippen molar-refractivity contribution in [3.05, 3.63) is 35.9 Å². The Hall–Kier alpha value is -2.20. The fourth-order valence-electron chi connectivity index (χ4n) is 2.01. The first-order chi connectivity index (χ1) is 11.5. The van der Waals surface area contributed by atoms with Crippen LogP contribution in [0, 0.1) is 5.82 Å². The summed E-state index contributed by atoms with van der Waals surface area (Å²) in [6.45, 7) is 4.83. The van der Waals surface area contributed by atoms with Gasteiger partial charge in [0, 0.05) is 12.4 Å². The minimum absolute atomic E-state index is 0.0134. The van der Waals surface area contributed by atoms with Crippen LogP contribution in [0.15, 0.2) is 30.1 Å². The number of nitrogens with zero attached hydrogens (tertiary/aromatic N) is 3. The van der Waals surface area contributed by atoms with Gasteiger partial charge in [-0.25, -0.2) is 24.2 Å². The lowest BCUT2D eigenvalue weighted by Crippen LogP contribution is -2.44. The van der Waals surface area contributed by atoms with E-state index in [9.17, 15) is 17.6 Å². The molecule has 10 heteroatoms. The van der Waals surface area contributed by atoms with Crippen LogP contribution in [0.3, 0.4) is 0 Å². The first kappa shape index (κ1) is 19.1. The molecule has 0 aromatic carbocycles. The molecule has 1 aromatic rings. The number of hydrazine groups is 1. The van der Waals surface area contributed by atoms with Crippen LogP contribution < -0.4 is 5.01 Å². The van der Waals surface area contributed by atoms with Crippen molar-refractivity contribution < 1.29 is 26.5 Å². The molecule has 0 spiro atoms. The topological polar surface area (TPSA) is 89.0 Å². The van der Waals surface area contributed by atoms with Crippen LogP contribution in [0.1, 0.15) is 20.8 Å². The first-order valence-electron chi connectivity index (χ1n) is 7.40. The summed E-state index contributed by atoms with van der Waals surface area (Å²) in [4.78, 5) is 16.4. The van der Waals surface area contributed by atoms with Crippen LogP contribution in [0.4, 0.5) is 15.0 Å². The molecule has 2 heterocycles. The molecule has 25 heavy (non-hydrogen) atoms. The van der Waals surface area contributed by atoms with E-state index >= 15 is 0 Å². The van der Waals surface area contributed by atoms with Gasteiger partial charge in [0.2, 0.25) is 0 Å². The van der Waals surface area contributed by atoms with E-state index in [1.165, 1.54) is 29.5 Å². The third-order valence-electron chi connectivity index (χ3n) is 2.94.